The first-order chi connectivity index (χ1) is 17.3. The lowest BCUT2D eigenvalue weighted by molar-refractivity contribution is -0.668. The lowest BCUT2D eigenvalue weighted by Crippen LogP contribution is -2.38. The first-order valence-corrected chi connectivity index (χ1v) is 13.5. The van der Waals surface area contributed by atoms with Gasteiger partial charge in [0.1, 0.15) is 16.7 Å². The van der Waals surface area contributed by atoms with Gasteiger partial charge in [0.25, 0.3) is 0 Å². The van der Waals surface area contributed by atoms with Gasteiger partial charge in [0, 0.05) is 36.3 Å². The van der Waals surface area contributed by atoms with Crippen molar-refractivity contribution < 1.29 is 17.5 Å². The van der Waals surface area contributed by atoms with Crippen LogP contribution in [0.25, 0.3) is 10.9 Å². The Kier molecular flexibility index (Phi) is 9.33. The van der Waals surface area contributed by atoms with Crippen LogP contribution in [0.5, 0.6) is 0 Å². The molecule has 0 fully saturated rings. The molecule has 0 amide bonds. The number of hydrogen-bond acceptors (Lipinski definition) is 5. The molecule has 0 unspecified atom stereocenters. The van der Waals surface area contributed by atoms with Crippen molar-refractivity contribution in [1.82, 2.24) is 0 Å². The van der Waals surface area contributed by atoms with E-state index in [4.69, 9.17) is 0 Å². The van der Waals surface area contributed by atoms with Crippen molar-refractivity contribution in [2.45, 2.75) is 39.1 Å². The van der Waals surface area contributed by atoms with E-state index in [1.54, 1.807) is 12.1 Å². The summed E-state index contributed by atoms with van der Waals surface area (Å²) in [5.74, 6) is 0. The number of fused-ring (bicyclic) bond motifs is 1. The van der Waals surface area contributed by atoms with Gasteiger partial charge in [0.05, 0.1) is 16.8 Å². The topological polar surface area (TPSA) is 76.7 Å². The smallest absolute Gasteiger partial charge is 0.224 e. The molecule has 4 aromatic rings. The molecule has 0 N–H and O–H groups in total. The van der Waals surface area contributed by atoms with E-state index < -0.39 is 10.1 Å². The van der Waals surface area contributed by atoms with E-state index in [-0.39, 0.29) is 4.90 Å². The molecule has 0 saturated carbocycles. The molecule has 6 nitrogen and oxygen atoms in total. The fourth-order valence-corrected chi connectivity index (χ4v) is 4.40. The number of hydrogen-bond donors (Lipinski definition) is 0. The summed E-state index contributed by atoms with van der Waals surface area (Å²) in [6.07, 6.45) is 1.96. The van der Waals surface area contributed by atoms with E-state index in [0.717, 1.165) is 36.6 Å². The average molecular weight is 504 g/mol. The van der Waals surface area contributed by atoms with Gasteiger partial charge in [-0.05, 0) is 76.2 Å². The molecule has 0 aliphatic carbocycles. The highest BCUT2D eigenvalue weighted by atomic mass is 32.2. The number of para-hydroxylation sites is 1. The Morgan fingerprint density at radius 2 is 1.50 bits per heavy atom. The second-order valence-electron chi connectivity index (χ2n) is 8.28. The van der Waals surface area contributed by atoms with Gasteiger partial charge >= 0.3 is 0 Å². The fourth-order valence-electron chi connectivity index (χ4n) is 3.93. The molecule has 188 valence electrons. The van der Waals surface area contributed by atoms with E-state index in [0.29, 0.717) is 0 Å². The van der Waals surface area contributed by atoms with E-state index in [1.165, 1.54) is 28.7 Å². The fraction of sp³-hybridized carbons (Fsp3) is 0.241. The maximum Gasteiger partial charge on any atom is 0.224 e. The molecule has 0 radical (unpaired) electrons. The standard InChI is InChI=1S/C22H26N3.C7H8O3S/c1-4-24(5-2)20-15-12-19(13-16-20)23-17-21-14-11-18-9-7-8-10-22(18)25(21)6-3;1-6-2-4-7(5-3-6)11(8,9)10/h7-17H,4-6H2,1-3H3;2-5H,1H3,(H,8,9,10)/q+1;/p-1. The number of aromatic nitrogens is 1. The number of benzene rings is 3. The number of aryl methyl sites for hydroxylation is 2. The summed E-state index contributed by atoms with van der Waals surface area (Å²) in [5.41, 5.74) is 5.52. The maximum atomic E-state index is 10.4. The first-order valence-electron chi connectivity index (χ1n) is 12.1. The van der Waals surface area contributed by atoms with Crippen LogP contribution >= 0.6 is 0 Å². The third-order valence-electron chi connectivity index (χ3n) is 5.92. The van der Waals surface area contributed by atoms with Crippen LogP contribution in [0.1, 0.15) is 32.0 Å². The second-order valence-corrected chi connectivity index (χ2v) is 9.65. The Bertz CT molecular complexity index is 1410. The minimum Gasteiger partial charge on any atom is -0.744 e. The van der Waals surface area contributed by atoms with E-state index in [2.05, 4.69) is 95.9 Å². The third kappa shape index (κ3) is 6.99. The summed E-state index contributed by atoms with van der Waals surface area (Å²) >= 11 is 0. The van der Waals surface area contributed by atoms with Crippen molar-refractivity contribution in [3.05, 3.63) is 96.2 Å². The van der Waals surface area contributed by atoms with Crippen LogP contribution in [-0.4, -0.2) is 32.3 Å². The van der Waals surface area contributed by atoms with Gasteiger partial charge < -0.3 is 9.45 Å². The number of anilines is 1. The third-order valence-corrected chi connectivity index (χ3v) is 6.77. The lowest BCUT2D eigenvalue weighted by atomic mass is 10.2. The van der Waals surface area contributed by atoms with Crippen molar-refractivity contribution in [3.8, 4) is 0 Å². The highest BCUT2D eigenvalue weighted by Crippen LogP contribution is 2.20. The Balaban J connectivity index is 0.000000275. The van der Waals surface area contributed by atoms with Crippen molar-refractivity contribution >= 4 is 38.6 Å². The predicted molar refractivity (Wildman–Crippen MR) is 146 cm³/mol. The van der Waals surface area contributed by atoms with Gasteiger partial charge in [-0.3, -0.25) is 0 Å². The molecule has 7 heteroatoms. The maximum absolute atomic E-state index is 10.4. The van der Waals surface area contributed by atoms with Crippen LogP contribution in [0.3, 0.4) is 0 Å². The van der Waals surface area contributed by atoms with Gasteiger partial charge in [0.2, 0.25) is 11.2 Å². The summed E-state index contributed by atoms with van der Waals surface area (Å²) < 4.78 is 33.5. The molecule has 36 heavy (non-hydrogen) atoms. The van der Waals surface area contributed by atoms with Crippen molar-refractivity contribution in [3.63, 3.8) is 0 Å². The first kappa shape index (κ1) is 27.0. The summed E-state index contributed by atoms with van der Waals surface area (Å²) in [6.45, 7) is 11.3. The van der Waals surface area contributed by atoms with Crippen LogP contribution in [0.4, 0.5) is 11.4 Å². The molecule has 3 aromatic carbocycles. The molecule has 0 aliphatic heterocycles. The van der Waals surface area contributed by atoms with Crippen LogP contribution < -0.4 is 9.47 Å². The number of rotatable bonds is 7. The Labute approximate surface area is 214 Å². The zero-order valence-electron chi connectivity index (χ0n) is 21.3. The van der Waals surface area contributed by atoms with Gasteiger partial charge in [-0.25, -0.2) is 13.4 Å². The Hall–Kier alpha value is -3.55. The molecule has 0 bridgehead atoms. The summed E-state index contributed by atoms with van der Waals surface area (Å²) in [6, 6.07) is 27.0. The summed E-state index contributed by atoms with van der Waals surface area (Å²) in [5, 5.41) is 1.25. The monoisotopic (exact) mass is 503 g/mol. The highest BCUT2D eigenvalue weighted by molar-refractivity contribution is 7.85. The van der Waals surface area contributed by atoms with Crippen molar-refractivity contribution in [2.24, 2.45) is 4.99 Å². The van der Waals surface area contributed by atoms with Crippen LogP contribution in [0, 0.1) is 6.92 Å². The number of nitrogens with zero attached hydrogens (tertiary/aromatic N) is 3. The van der Waals surface area contributed by atoms with Crippen LogP contribution in [0.15, 0.2) is 94.8 Å². The van der Waals surface area contributed by atoms with Crippen LogP contribution in [-0.2, 0) is 16.7 Å². The van der Waals surface area contributed by atoms with E-state index in [9.17, 15) is 13.0 Å². The molecular weight excluding hydrogens is 470 g/mol. The Morgan fingerprint density at radius 3 is 2.08 bits per heavy atom. The van der Waals surface area contributed by atoms with E-state index >= 15 is 0 Å². The highest BCUT2D eigenvalue weighted by Gasteiger charge is 2.11. The summed E-state index contributed by atoms with van der Waals surface area (Å²) in [7, 11) is -4.27. The average Bonchev–Trinajstić information content (AvgIpc) is 2.88. The van der Waals surface area contributed by atoms with Crippen LogP contribution in [0.2, 0.25) is 0 Å². The molecule has 1 heterocycles. The quantitative estimate of drug-likeness (QED) is 0.186. The van der Waals surface area contributed by atoms with Gasteiger partial charge in [-0.2, -0.15) is 4.57 Å². The zero-order valence-corrected chi connectivity index (χ0v) is 22.1. The number of aliphatic imine (C=N–C) groups is 1. The Morgan fingerprint density at radius 1 is 0.861 bits per heavy atom. The molecule has 1 aromatic heterocycles. The van der Waals surface area contributed by atoms with Crippen molar-refractivity contribution in [1.29, 1.82) is 0 Å². The van der Waals surface area contributed by atoms with Crippen molar-refractivity contribution in [2.75, 3.05) is 18.0 Å². The molecule has 4 rings (SSSR count). The number of pyridine rings is 1. The van der Waals surface area contributed by atoms with Gasteiger partial charge in [-0.15, -0.1) is 0 Å². The van der Waals surface area contributed by atoms with Gasteiger partial charge in [-0.1, -0.05) is 29.8 Å². The summed E-state index contributed by atoms with van der Waals surface area (Å²) in [4.78, 5) is 6.84. The minimum atomic E-state index is -4.27. The molecule has 0 saturated heterocycles. The molecular formula is C29H33N3O3S. The minimum absolute atomic E-state index is 0.178. The largest absolute Gasteiger partial charge is 0.744 e. The zero-order chi connectivity index (χ0) is 26.1. The van der Waals surface area contributed by atoms with Gasteiger partial charge in [0.15, 0.2) is 0 Å². The second kappa shape index (κ2) is 12.4. The normalized spacial score (nSPS) is 11.4. The lowest BCUT2D eigenvalue weighted by Gasteiger charge is -2.20. The molecule has 0 aliphatic rings. The van der Waals surface area contributed by atoms with E-state index in [1.807, 2.05) is 13.1 Å². The molecule has 0 atom stereocenters. The SMILES string of the molecule is CCN(CC)c1ccc(N=Cc2ccc3ccccc3[n+]2CC)cc1.Cc1ccc(S(=O)(=O)[O-])cc1. The predicted octanol–water partition coefficient (Wildman–Crippen LogP) is 5.64. The molecule has 0 spiro atoms.